The number of halogens is 1. The molecule has 2 aromatic rings. The van der Waals surface area contributed by atoms with Crippen LogP contribution < -0.4 is 5.32 Å². The summed E-state index contributed by atoms with van der Waals surface area (Å²) >= 11 is 3.45. The first-order valence-corrected chi connectivity index (χ1v) is 7.47. The lowest BCUT2D eigenvalue weighted by atomic mass is 10.1. The van der Waals surface area contributed by atoms with Crippen LogP contribution in [0.15, 0.2) is 40.9 Å². The Kier molecular flexibility index (Phi) is 4.61. The molecule has 0 aromatic heterocycles. The van der Waals surface area contributed by atoms with Crippen LogP contribution in [0.25, 0.3) is 0 Å². The molecule has 0 saturated carbocycles. The third kappa shape index (κ3) is 3.28. The van der Waals surface area contributed by atoms with Crippen LogP contribution >= 0.6 is 15.9 Å². The van der Waals surface area contributed by atoms with Gasteiger partial charge in [-0.15, -0.1) is 0 Å². The van der Waals surface area contributed by atoms with Crippen molar-refractivity contribution in [3.63, 3.8) is 0 Å². The molecule has 20 heavy (non-hydrogen) atoms. The number of nitrogens with one attached hydrogen (secondary N) is 1. The van der Waals surface area contributed by atoms with E-state index in [1.165, 1.54) is 5.56 Å². The van der Waals surface area contributed by atoms with Gasteiger partial charge in [-0.25, -0.2) is 0 Å². The first-order valence-electron chi connectivity index (χ1n) is 6.68. The highest BCUT2D eigenvalue weighted by Crippen LogP contribution is 2.22. The lowest BCUT2D eigenvalue weighted by molar-refractivity contribution is 0.102. The summed E-state index contributed by atoms with van der Waals surface area (Å²) in [6, 6.07) is 11.7. The van der Waals surface area contributed by atoms with Crippen LogP contribution in [0.1, 0.15) is 34.0 Å². The van der Waals surface area contributed by atoms with Gasteiger partial charge in [-0.05, 0) is 67.3 Å². The zero-order chi connectivity index (χ0) is 14.7. The van der Waals surface area contributed by atoms with Crippen molar-refractivity contribution < 1.29 is 4.79 Å². The molecule has 0 bridgehead atoms. The summed E-state index contributed by atoms with van der Waals surface area (Å²) in [5.74, 6) is -0.0647. The highest BCUT2D eigenvalue weighted by molar-refractivity contribution is 9.10. The number of carbonyl (C=O) groups excluding carboxylic acids is 1. The summed E-state index contributed by atoms with van der Waals surface area (Å²) in [5.41, 5.74) is 5.01. The number of carbonyl (C=O) groups is 1. The number of anilines is 1. The van der Waals surface area contributed by atoms with Gasteiger partial charge >= 0.3 is 0 Å². The van der Waals surface area contributed by atoms with Crippen molar-refractivity contribution in [3.05, 3.63) is 63.1 Å². The molecule has 0 saturated heterocycles. The number of benzene rings is 2. The van der Waals surface area contributed by atoms with Crippen LogP contribution in [0, 0.1) is 13.8 Å². The van der Waals surface area contributed by atoms with Crippen LogP contribution in [0.3, 0.4) is 0 Å². The molecule has 0 spiro atoms. The molecule has 2 nitrogen and oxygen atoms in total. The van der Waals surface area contributed by atoms with E-state index in [1.54, 1.807) is 0 Å². The van der Waals surface area contributed by atoms with Crippen molar-refractivity contribution >= 4 is 27.5 Å². The maximum atomic E-state index is 12.3. The molecule has 1 amide bonds. The molecule has 0 aliphatic carbocycles. The monoisotopic (exact) mass is 331 g/mol. The summed E-state index contributed by atoms with van der Waals surface area (Å²) in [6.07, 6.45) is 0.877. The molecule has 2 rings (SSSR count). The van der Waals surface area contributed by atoms with Gasteiger partial charge in [-0.3, -0.25) is 4.79 Å². The molecule has 0 aliphatic rings. The van der Waals surface area contributed by atoms with E-state index >= 15 is 0 Å². The van der Waals surface area contributed by atoms with E-state index in [4.69, 9.17) is 0 Å². The van der Waals surface area contributed by atoms with E-state index in [-0.39, 0.29) is 5.91 Å². The predicted octanol–water partition coefficient (Wildman–Crippen LogP) is 4.88. The Hall–Kier alpha value is -1.61. The molecule has 0 atom stereocenters. The van der Waals surface area contributed by atoms with Gasteiger partial charge in [-0.2, -0.15) is 0 Å². The quantitative estimate of drug-likeness (QED) is 0.853. The zero-order valence-corrected chi connectivity index (χ0v) is 13.5. The van der Waals surface area contributed by atoms with E-state index in [9.17, 15) is 4.79 Å². The molecule has 0 radical (unpaired) electrons. The highest BCUT2D eigenvalue weighted by atomic mass is 79.9. The average molecular weight is 332 g/mol. The largest absolute Gasteiger partial charge is 0.322 e. The molecule has 2 aromatic carbocycles. The Labute approximate surface area is 128 Å². The van der Waals surface area contributed by atoms with E-state index in [0.717, 1.165) is 27.7 Å². The van der Waals surface area contributed by atoms with Gasteiger partial charge in [0.2, 0.25) is 0 Å². The third-order valence-corrected chi connectivity index (χ3v) is 3.96. The van der Waals surface area contributed by atoms with Crippen molar-refractivity contribution in [3.8, 4) is 0 Å². The van der Waals surface area contributed by atoms with Crippen molar-refractivity contribution in [2.45, 2.75) is 27.2 Å². The van der Waals surface area contributed by atoms with Gasteiger partial charge in [0.25, 0.3) is 5.91 Å². The maximum Gasteiger partial charge on any atom is 0.255 e. The first-order chi connectivity index (χ1) is 9.51. The summed E-state index contributed by atoms with van der Waals surface area (Å²) in [4.78, 5) is 12.3. The van der Waals surface area contributed by atoms with E-state index in [1.807, 2.05) is 50.2 Å². The maximum absolute atomic E-state index is 12.3. The Morgan fingerprint density at radius 1 is 1.10 bits per heavy atom. The van der Waals surface area contributed by atoms with Gasteiger partial charge in [0.15, 0.2) is 0 Å². The summed E-state index contributed by atoms with van der Waals surface area (Å²) in [6.45, 7) is 6.14. The van der Waals surface area contributed by atoms with Crippen LogP contribution in [-0.4, -0.2) is 5.91 Å². The SMILES string of the molecule is CCc1cc(Br)ccc1NC(=O)c1ccc(C)c(C)c1. The lowest BCUT2D eigenvalue weighted by Crippen LogP contribution is -2.13. The number of amides is 1. The fourth-order valence-electron chi connectivity index (χ4n) is 2.05. The van der Waals surface area contributed by atoms with E-state index in [2.05, 4.69) is 28.2 Å². The van der Waals surface area contributed by atoms with E-state index < -0.39 is 0 Å². The molecule has 104 valence electrons. The normalized spacial score (nSPS) is 10.4. The third-order valence-electron chi connectivity index (χ3n) is 3.47. The van der Waals surface area contributed by atoms with Gasteiger partial charge < -0.3 is 5.32 Å². The molecule has 0 unspecified atom stereocenters. The Balaban J connectivity index is 2.25. The molecule has 0 aliphatic heterocycles. The second kappa shape index (κ2) is 6.23. The first kappa shape index (κ1) is 14.8. The minimum absolute atomic E-state index is 0.0647. The fraction of sp³-hybridized carbons (Fsp3) is 0.235. The second-order valence-electron chi connectivity index (χ2n) is 4.91. The molecule has 0 heterocycles. The van der Waals surface area contributed by atoms with Gasteiger partial charge in [-0.1, -0.05) is 28.9 Å². The summed E-state index contributed by atoms with van der Waals surface area (Å²) in [7, 11) is 0. The number of rotatable bonds is 3. The van der Waals surface area contributed by atoms with Crippen molar-refractivity contribution in [2.75, 3.05) is 5.32 Å². The van der Waals surface area contributed by atoms with Gasteiger partial charge in [0.1, 0.15) is 0 Å². The predicted molar refractivity (Wildman–Crippen MR) is 87.4 cm³/mol. The van der Waals surface area contributed by atoms with Crippen LogP contribution in [0.4, 0.5) is 5.69 Å². The minimum Gasteiger partial charge on any atom is -0.322 e. The van der Waals surface area contributed by atoms with Gasteiger partial charge in [0.05, 0.1) is 0 Å². The average Bonchev–Trinajstić information content (AvgIpc) is 2.43. The van der Waals surface area contributed by atoms with E-state index in [0.29, 0.717) is 5.56 Å². The molecule has 1 N–H and O–H groups in total. The number of aryl methyl sites for hydroxylation is 3. The zero-order valence-electron chi connectivity index (χ0n) is 12.0. The molecular weight excluding hydrogens is 314 g/mol. The molecule has 3 heteroatoms. The standard InChI is InChI=1S/C17H18BrNO/c1-4-13-10-15(18)7-8-16(13)19-17(20)14-6-5-11(2)12(3)9-14/h5-10H,4H2,1-3H3,(H,19,20). The van der Waals surface area contributed by atoms with Crippen molar-refractivity contribution in [1.29, 1.82) is 0 Å². The fourth-order valence-corrected chi connectivity index (χ4v) is 2.46. The topological polar surface area (TPSA) is 29.1 Å². The number of hydrogen-bond acceptors (Lipinski definition) is 1. The van der Waals surface area contributed by atoms with Crippen molar-refractivity contribution in [2.24, 2.45) is 0 Å². The van der Waals surface area contributed by atoms with Gasteiger partial charge in [0, 0.05) is 15.7 Å². The van der Waals surface area contributed by atoms with Crippen molar-refractivity contribution in [1.82, 2.24) is 0 Å². The Morgan fingerprint density at radius 2 is 1.85 bits per heavy atom. The Bertz CT molecular complexity index is 649. The summed E-state index contributed by atoms with van der Waals surface area (Å²) in [5, 5.41) is 2.99. The summed E-state index contributed by atoms with van der Waals surface area (Å²) < 4.78 is 1.03. The molecular formula is C17H18BrNO. The van der Waals surface area contributed by atoms with Crippen LogP contribution in [0.2, 0.25) is 0 Å². The lowest BCUT2D eigenvalue weighted by Gasteiger charge is -2.11. The minimum atomic E-state index is -0.0647. The Morgan fingerprint density at radius 3 is 2.50 bits per heavy atom. The smallest absolute Gasteiger partial charge is 0.255 e. The molecule has 0 fully saturated rings. The number of hydrogen-bond donors (Lipinski definition) is 1. The highest BCUT2D eigenvalue weighted by Gasteiger charge is 2.09. The van der Waals surface area contributed by atoms with Crippen LogP contribution in [-0.2, 0) is 6.42 Å². The van der Waals surface area contributed by atoms with Crippen LogP contribution in [0.5, 0.6) is 0 Å². The second-order valence-corrected chi connectivity index (χ2v) is 5.82.